The summed E-state index contributed by atoms with van der Waals surface area (Å²) in [6.45, 7) is 3.06. The van der Waals surface area contributed by atoms with Crippen LogP contribution in [0.2, 0.25) is 0 Å². The normalized spacial score (nSPS) is 27.8. The maximum atomic E-state index is 11.9. The quantitative estimate of drug-likeness (QED) is 0.731. The molecule has 1 aromatic heterocycles. The number of rotatable bonds is 2. The Morgan fingerprint density at radius 2 is 2.54 bits per heavy atom. The fourth-order valence-corrected chi connectivity index (χ4v) is 2.55. The molecule has 2 rings (SSSR count). The van der Waals surface area contributed by atoms with Gasteiger partial charge in [0.1, 0.15) is 0 Å². The second kappa shape index (κ2) is 3.60. The molecule has 1 aromatic rings. The van der Waals surface area contributed by atoms with Crippen LogP contribution in [-0.4, -0.2) is 18.4 Å². The molecule has 1 aliphatic rings. The number of hydrogen-bond donors (Lipinski definition) is 1. The van der Waals surface area contributed by atoms with Crippen LogP contribution < -0.4 is 5.32 Å². The van der Waals surface area contributed by atoms with Gasteiger partial charge in [0.2, 0.25) is 0 Å². The van der Waals surface area contributed by atoms with Gasteiger partial charge >= 0.3 is 0 Å². The van der Waals surface area contributed by atoms with Crippen molar-refractivity contribution in [3.05, 3.63) is 22.4 Å². The minimum absolute atomic E-state index is 0.193. The fraction of sp³-hybridized carbons (Fsp3) is 0.500. The molecule has 2 atom stereocenters. The molecule has 1 aliphatic heterocycles. The summed E-state index contributed by atoms with van der Waals surface area (Å²) >= 11 is 1.54. The van der Waals surface area contributed by atoms with Crippen LogP contribution in [0.5, 0.6) is 0 Å². The summed E-state index contributed by atoms with van der Waals surface area (Å²) in [5.74, 6) is 0.506. The number of thiophene rings is 1. The van der Waals surface area contributed by atoms with Crippen molar-refractivity contribution in [3.63, 3.8) is 0 Å². The molecule has 0 amide bonds. The fourth-order valence-electron chi connectivity index (χ4n) is 1.82. The predicted octanol–water partition coefficient (Wildman–Crippen LogP) is 1.93. The number of hydrogen-bond acceptors (Lipinski definition) is 3. The lowest BCUT2D eigenvalue weighted by atomic mass is 9.96. The lowest BCUT2D eigenvalue weighted by Gasteiger charge is -2.11. The van der Waals surface area contributed by atoms with Crippen molar-refractivity contribution in [1.82, 2.24) is 5.32 Å². The van der Waals surface area contributed by atoms with E-state index in [1.54, 1.807) is 11.3 Å². The average molecular weight is 195 g/mol. The topological polar surface area (TPSA) is 29.1 Å². The highest BCUT2D eigenvalue weighted by Crippen LogP contribution is 2.22. The van der Waals surface area contributed by atoms with Crippen LogP contribution in [-0.2, 0) is 0 Å². The smallest absolute Gasteiger partial charge is 0.177 e. The van der Waals surface area contributed by atoms with Crippen LogP contribution in [0.4, 0.5) is 0 Å². The van der Waals surface area contributed by atoms with Crippen molar-refractivity contribution in [2.45, 2.75) is 19.4 Å². The first-order valence-corrected chi connectivity index (χ1v) is 5.48. The lowest BCUT2D eigenvalue weighted by molar-refractivity contribution is 0.0918. The van der Waals surface area contributed by atoms with Crippen LogP contribution in [0.25, 0.3) is 0 Å². The molecule has 0 radical (unpaired) electrons. The summed E-state index contributed by atoms with van der Waals surface area (Å²) in [6.07, 6.45) is 0.984. The summed E-state index contributed by atoms with van der Waals surface area (Å²) in [6, 6.07) is 4.19. The minimum atomic E-state index is 0.193. The Morgan fingerprint density at radius 3 is 3.08 bits per heavy atom. The van der Waals surface area contributed by atoms with Gasteiger partial charge in [-0.15, -0.1) is 11.3 Å². The second-order valence-corrected chi connectivity index (χ2v) is 4.43. The van der Waals surface area contributed by atoms with Crippen molar-refractivity contribution in [1.29, 1.82) is 0 Å². The first-order chi connectivity index (χ1) is 6.29. The molecule has 0 aromatic carbocycles. The number of nitrogens with one attached hydrogen (secondary N) is 1. The molecule has 2 heterocycles. The third kappa shape index (κ3) is 1.67. The zero-order valence-corrected chi connectivity index (χ0v) is 8.43. The first kappa shape index (κ1) is 8.91. The molecule has 70 valence electrons. The number of Topliss-reactive ketones (excluding diaryl/α,β-unsaturated/α-hetero) is 1. The molecule has 13 heavy (non-hydrogen) atoms. The maximum absolute atomic E-state index is 11.9. The molecule has 1 fully saturated rings. The highest BCUT2D eigenvalue weighted by molar-refractivity contribution is 7.12. The number of carbonyl (C=O) groups is 1. The number of ketones is 1. The van der Waals surface area contributed by atoms with Crippen LogP contribution in [0.1, 0.15) is 23.0 Å². The highest BCUT2D eigenvalue weighted by atomic mass is 32.1. The Bertz CT molecular complexity index is 294. The van der Waals surface area contributed by atoms with E-state index >= 15 is 0 Å². The molecule has 2 unspecified atom stereocenters. The summed E-state index contributed by atoms with van der Waals surface area (Å²) in [4.78, 5) is 12.8. The Hall–Kier alpha value is -0.670. The van der Waals surface area contributed by atoms with Gasteiger partial charge in [-0.05, 0) is 31.3 Å². The molecule has 3 heteroatoms. The van der Waals surface area contributed by atoms with E-state index in [0.717, 1.165) is 17.8 Å². The van der Waals surface area contributed by atoms with Gasteiger partial charge in [-0.1, -0.05) is 6.07 Å². The highest BCUT2D eigenvalue weighted by Gasteiger charge is 2.30. The third-order valence-electron chi connectivity index (χ3n) is 2.63. The van der Waals surface area contributed by atoms with Crippen LogP contribution in [0.15, 0.2) is 17.5 Å². The van der Waals surface area contributed by atoms with E-state index in [0.29, 0.717) is 11.8 Å². The zero-order valence-electron chi connectivity index (χ0n) is 7.62. The molecule has 0 spiro atoms. The molecular weight excluding hydrogens is 182 g/mol. The Kier molecular flexibility index (Phi) is 2.47. The molecular formula is C10H13NOS. The summed E-state index contributed by atoms with van der Waals surface area (Å²) in [5.41, 5.74) is 0. The Balaban J connectivity index is 2.13. The SMILES string of the molecule is CC1NCCC1C(=O)c1cccs1. The van der Waals surface area contributed by atoms with Crippen LogP contribution in [0, 0.1) is 5.92 Å². The van der Waals surface area contributed by atoms with E-state index in [4.69, 9.17) is 0 Å². The lowest BCUT2D eigenvalue weighted by Crippen LogP contribution is -2.27. The van der Waals surface area contributed by atoms with Gasteiger partial charge < -0.3 is 5.32 Å². The molecule has 0 aliphatic carbocycles. The predicted molar refractivity (Wildman–Crippen MR) is 54.2 cm³/mol. The van der Waals surface area contributed by atoms with Crippen molar-refractivity contribution in [2.75, 3.05) is 6.54 Å². The first-order valence-electron chi connectivity index (χ1n) is 4.60. The van der Waals surface area contributed by atoms with E-state index in [1.165, 1.54) is 0 Å². The molecule has 0 bridgehead atoms. The van der Waals surface area contributed by atoms with Gasteiger partial charge in [-0.25, -0.2) is 0 Å². The van der Waals surface area contributed by atoms with Gasteiger partial charge in [-0.2, -0.15) is 0 Å². The van der Waals surface area contributed by atoms with E-state index in [9.17, 15) is 4.79 Å². The van der Waals surface area contributed by atoms with Gasteiger partial charge in [0.05, 0.1) is 4.88 Å². The van der Waals surface area contributed by atoms with E-state index in [-0.39, 0.29) is 5.92 Å². The number of carbonyl (C=O) groups excluding carboxylic acids is 1. The second-order valence-electron chi connectivity index (χ2n) is 3.48. The van der Waals surface area contributed by atoms with E-state index < -0.39 is 0 Å². The van der Waals surface area contributed by atoms with Crippen molar-refractivity contribution in [2.24, 2.45) is 5.92 Å². The monoisotopic (exact) mass is 195 g/mol. The van der Waals surface area contributed by atoms with Crippen LogP contribution >= 0.6 is 11.3 Å². The van der Waals surface area contributed by atoms with Gasteiger partial charge in [0, 0.05) is 12.0 Å². The third-order valence-corrected chi connectivity index (χ3v) is 3.51. The zero-order chi connectivity index (χ0) is 9.26. The molecule has 0 saturated carbocycles. The Morgan fingerprint density at radius 1 is 1.69 bits per heavy atom. The molecule has 1 saturated heterocycles. The maximum Gasteiger partial charge on any atom is 0.177 e. The van der Waals surface area contributed by atoms with Gasteiger partial charge in [0.25, 0.3) is 0 Å². The van der Waals surface area contributed by atoms with E-state index in [1.807, 2.05) is 17.5 Å². The largest absolute Gasteiger partial charge is 0.313 e. The standard InChI is InChI=1S/C10H13NOS/c1-7-8(4-5-11-7)10(12)9-3-2-6-13-9/h2-3,6-8,11H,4-5H2,1H3. The van der Waals surface area contributed by atoms with E-state index in [2.05, 4.69) is 12.2 Å². The average Bonchev–Trinajstić information content (AvgIpc) is 2.72. The summed E-state index contributed by atoms with van der Waals surface area (Å²) in [7, 11) is 0. The van der Waals surface area contributed by atoms with Crippen molar-refractivity contribution >= 4 is 17.1 Å². The van der Waals surface area contributed by atoms with Gasteiger partial charge in [0.15, 0.2) is 5.78 Å². The van der Waals surface area contributed by atoms with Crippen molar-refractivity contribution in [3.8, 4) is 0 Å². The van der Waals surface area contributed by atoms with Gasteiger partial charge in [-0.3, -0.25) is 4.79 Å². The Labute approximate surface area is 82.0 Å². The summed E-state index contributed by atoms with van der Waals surface area (Å²) in [5, 5.41) is 5.25. The molecule has 1 N–H and O–H groups in total. The summed E-state index contributed by atoms with van der Waals surface area (Å²) < 4.78 is 0. The van der Waals surface area contributed by atoms with Crippen molar-refractivity contribution < 1.29 is 4.79 Å². The molecule has 2 nitrogen and oxygen atoms in total. The van der Waals surface area contributed by atoms with Crippen LogP contribution in [0.3, 0.4) is 0 Å². The minimum Gasteiger partial charge on any atom is -0.313 e.